The maximum atomic E-state index is 12.6. The molecule has 7 heteroatoms. The highest BCUT2D eigenvalue weighted by molar-refractivity contribution is 6.32. The topological polar surface area (TPSA) is 72.8 Å². The molecule has 0 heterocycles. The number of ether oxygens (including phenoxy) is 2. The molecule has 3 aromatic carbocycles. The molecule has 0 fully saturated rings. The van der Waals surface area contributed by atoms with Gasteiger partial charge in [0.1, 0.15) is 17.2 Å². The summed E-state index contributed by atoms with van der Waals surface area (Å²) in [5.74, 6) is -0.0543. The second-order valence-electron chi connectivity index (χ2n) is 6.47. The first-order valence-electron chi connectivity index (χ1n) is 8.97. The molecular formula is C23H18Cl2O5. The number of Topliss-reactive ketones (excluding diaryl/α,β-unsaturated/α-hetero) is 2. The van der Waals surface area contributed by atoms with Crippen molar-refractivity contribution in [1.29, 1.82) is 0 Å². The second kappa shape index (κ2) is 9.65. The van der Waals surface area contributed by atoms with Crippen LogP contribution >= 0.6 is 23.2 Å². The summed E-state index contributed by atoms with van der Waals surface area (Å²) in [6.45, 7) is -0.278. The highest BCUT2D eigenvalue weighted by Gasteiger charge is 2.17. The maximum Gasteiger partial charge on any atom is 0.200 e. The number of phenolic OH excluding ortho intramolecular Hbond substituents is 1. The first-order chi connectivity index (χ1) is 14.4. The van der Waals surface area contributed by atoms with E-state index in [-0.39, 0.29) is 46.7 Å². The van der Waals surface area contributed by atoms with Crippen molar-refractivity contribution < 1.29 is 24.2 Å². The quantitative estimate of drug-likeness (QED) is 0.471. The van der Waals surface area contributed by atoms with Crippen molar-refractivity contribution in [2.24, 2.45) is 0 Å². The lowest BCUT2D eigenvalue weighted by Crippen LogP contribution is -2.12. The lowest BCUT2D eigenvalue weighted by molar-refractivity contribution is 0.0919. The number of hydrogen-bond acceptors (Lipinski definition) is 5. The Morgan fingerprint density at radius 1 is 0.933 bits per heavy atom. The van der Waals surface area contributed by atoms with Crippen molar-refractivity contribution >= 4 is 34.8 Å². The fraction of sp³-hybridized carbons (Fsp3) is 0.130. The molecular weight excluding hydrogens is 427 g/mol. The first-order valence-corrected chi connectivity index (χ1v) is 9.73. The standard InChI is InChI=1S/C23H18Cl2O5/c1-29-17-8-2-14(3-9-17)10-20(26)18-11-19(25)23(12-21(18)27)30-13-22(28)15-4-6-16(24)7-5-15/h2-9,11-12,27H,10,13H2,1H3. The third-order valence-corrected chi connectivity index (χ3v) is 4.95. The van der Waals surface area contributed by atoms with Crippen molar-refractivity contribution in [2.45, 2.75) is 6.42 Å². The Balaban J connectivity index is 1.68. The zero-order chi connectivity index (χ0) is 21.7. The predicted molar refractivity (Wildman–Crippen MR) is 115 cm³/mol. The van der Waals surface area contributed by atoms with Gasteiger partial charge in [-0.3, -0.25) is 9.59 Å². The van der Waals surface area contributed by atoms with E-state index in [4.69, 9.17) is 32.7 Å². The van der Waals surface area contributed by atoms with Crippen LogP contribution in [0.2, 0.25) is 10.0 Å². The fourth-order valence-electron chi connectivity index (χ4n) is 2.76. The Kier molecular flexibility index (Phi) is 6.98. The molecule has 0 aliphatic carbocycles. The number of hydrogen-bond donors (Lipinski definition) is 1. The van der Waals surface area contributed by atoms with E-state index >= 15 is 0 Å². The summed E-state index contributed by atoms with van der Waals surface area (Å²) in [5.41, 5.74) is 1.28. The molecule has 0 saturated heterocycles. The smallest absolute Gasteiger partial charge is 0.200 e. The fourth-order valence-corrected chi connectivity index (χ4v) is 3.11. The third kappa shape index (κ3) is 5.32. The number of methoxy groups -OCH3 is 1. The molecule has 0 atom stereocenters. The van der Waals surface area contributed by atoms with Gasteiger partial charge in [0.25, 0.3) is 0 Å². The summed E-state index contributed by atoms with van der Waals surface area (Å²) in [4.78, 5) is 24.8. The van der Waals surface area contributed by atoms with Crippen LogP contribution in [0.1, 0.15) is 26.3 Å². The van der Waals surface area contributed by atoms with Gasteiger partial charge in [0, 0.05) is 23.1 Å². The molecule has 154 valence electrons. The lowest BCUT2D eigenvalue weighted by Gasteiger charge is -2.11. The van der Waals surface area contributed by atoms with E-state index < -0.39 is 0 Å². The van der Waals surface area contributed by atoms with Crippen molar-refractivity contribution in [3.63, 3.8) is 0 Å². The third-order valence-electron chi connectivity index (χ3n) is 4.40. The SMILES string of the molecule is COc1ccc(CC(=O)c2cc(Cl)c(OCC(=O)c3ccc(Cl)cc3)cc2O)cc1. The monoisotopic (exact) mass is 444 g/mol. The zero-order valence-corrected chi connectivity index (χ0v) is 17.5. The molecule has 0 aliphatic heterocycles. The van der Waals surface area contributed by atoms with Gasteiger partial charge >= 0.3 is 0 Å². The minimum atomic E-state index is -0.302. The van der Waals surface area contributed by atoms with E-state index in [9.17, 15) is 14.7 Å². The highest BCUT2D eigenvalue weighted by atomic mass is 35.5. The Morgan fingerprint density at radius 3 is 2.23 bits per heavy atom. The average Bonchev–Trinajstić information content (AvgIpc) is 2.74. The van der Waals surface area contributed by atoms with E-state index in [1.54, 1.807) is 55.6 Å². The van der Waals surface area contributed by atoms with Crippen LogP contribution < -0.4 is 9.47 Å². The summed E-state index contributed by atoms with van der Waals surface area (Å²) in [7, 11) is 1.56. The van der Waals surface area contributed by atoms with E-state index in [0.29, 0.717) is 16.3 Å². The van der Waals surface area contributed by atoms with Crippen LogP contribution in [0, 0.1) is 0 Å². The minimum absolute atomic E-state index is 0.0761. The van der Waals surface area contributed by atoms with Gasteiger partial charge in [0.15, 0.2) is 18.2 Å². The summed E-state index contributed by atoms with van der Waals surface area (Å²) < 4.78 is 10.5. The number of aromatic hydroxyl groups is 1. The number of benzene rings is 3. The lowest BCUT2D eigenvalue weighted by atomic mass is 10.0. The maximum absolute atomic E-state index is 12.6. The van der Waals surface area contributed by atoms with E-state index in [2.05, 4.69) is 0 Å². The van der Waals surface area contributed by atoms with Gasteiger partial charge in [0.05, 0.1) is 17.7 Å². The number of carbonyl (C=O) groups is 2. The van der Waals surface area contributed by atoms with Crippen LogP contribution in [0.4, 0.5) is 0 Å². The Morgan fingerprint density at radius 2 is 1.60 bits per heavy atom. The van der Waals surface area contributed by atoms with Gasteiger partial charge in [-0.15, -0.1) is 0 Å². The number of phenols is 1. The Hall–Kier alpha value is -3.02. The average molecular weight is 445 g/mol. The molecule has 3 aromatic rings. The zero-order valence-electron chi connectivity index (χ0n) is 16.0. The molecule has 0 unspecified atom stereocenters. The number of halogens is 2. The van der Waals surface area contributed by atoms with Crippen molar-refractivity contribution in [3.8, 4) is 17.2 Å². The summed E-state index contributed by atoms with van der Waals surface area (Å²) in [6, 6.07) is 16.0. The molecule has 1 N–H and O–H groups in total. The van der Waals surface area contributed by atoms with Crippen LogP contribution in [0.5, 0.6) is 17.2 Å². The Bertz CT molecular complexity index is 1060. The molecule has 0 aromatic heterocycles. The van der Waals surface area contributed by atoms with E-state index in [0.717, 1.165) is 5.56 Å². The second-order valence-corrected chi connectivity index (χ2v) is 7.31. The summed E-state index contributed by atoms with van der Waals surface area (Å²) in [5, 5.41) is 10.9. The minimum Gasteiger partial charge on any atom is -0.507 e. The summed E-state index contributed by atoms with van der Waals surface area (Å²) >= 11 is 12.0. The largest absolute Gasteiger partial charge is 0.507 e. The molecule has 0 radical (unpaired) electrons. The molecule has 0 spiro atoms. The molecule has 0 saturated carbocycles. The van der Waals surface area contributed by atoms with Gasteiger partial charge in [-0.1, -0.05) is 35.3 Å². The number of ketones is 2. The number of rotatable bonds is 8. The molecule has 0 aliphatic rings. The van der Waals surface area contributed by atoms with Gasteiger partial charge in [-0.2, -0.15) is 0 Å². The van der Waals surface area contributed by atoms with Gasteiger partial charge in [-0.25, -0.2) is 0 Å². The van der Waals surface area contributed by atoms with Crippen LogP contribution in [-0.4, -0.2) is 30.4 Å². The first kappa shape index (κ1) is 21.7. The van der Waals surface area contributed by atoms with Gasteiger partial charge in [-0.05, 0) is 48.0 Å². The van der Waals surface area contributed by atoms with Gasteiger partial charge in [0.2, 0.25) is 0 Å². The number of carbonyl (C=O) groups excluding carboxylic acids is 2. The Labute approximate surface area is 183 Å². The highest BCUT2D eigenvalue weighted by Crippen LogP contribution is 2.33. The van der Waals surface area contributed by atoms with Crippen molar-refractivity contribution in [2.75, 3.05) is 13.7 Å². The van der Waals surface area contributed by atoms with Gasteiger partial charge < -0.3 is 14.6 Å². The van der Waals surface area contributed by atoms with Crippen molar-refractivity contribution in [1.82, 2.24) is 0 Å². The normalized spacial score (nSPS) is 10.5. The van der Waals surface area contributed by atoms with E-state index in [1.165, 1.54) is 12.1 Å². The predicted octanol–water partition coefficient (Wildman–Crippen LogP) is 5.39. The molecule has 3 rings (SSSR count). The molecule has 0 bridgehead atoms. The van der Waals surface area contributed by atoms with Crippen molar-refractivity contribution in [3.05, 3.63) is 87.4 Å². The summed E-state index contributed by atoms with van der Waals surface area (Å²) in [6.07, 6.45) is 0.0864. The molecule has 30 heavy (non-hydrogen) atoms. The van der Waals surface area contributed by atoms with Crippen LogP contribution in [0.3, 0.4) is 0 Å². The molecule has 0 amide bonds. The molecule has 5 nitrogen and oxygen atoms in total. The van der Waals surface area contributed by atoms with Crippen LogP contribution in [0.15, 0.2) is 60.7 Å². The van der Waals surface area contributed by atoms with E-state index in [1.807, 2.05) is 0 Å². The van der Waals surface area contributed by atoms with Crippen LogP contribution in [0.25, 0.3) is 0 Å². The van der Waals surface area contributed by atoms with Crippen LogP contribution in [-0.2, 0) is 6.42 Å².